The second kappa shape index (κ2) is 3.19. The van der Waals surface area contributed by atoms with Crippen molar-refractivity contribution in [2.45, 2.75) is 0 Å². The van der Waals surface area contributed by atoms with Gasteiger partial charge in [0.25, 0.3) is 0 Å². The molecule has 2 rings (SSSR count). The Balaban J connectivity index is 2.61. The third kappa shape index (κ3) is 1.38. The Hall–Kier alpha value is -1.75. The molecule has 0 aliphatic carbocycles. The van der Waals surface area contributed by atoms with Crippen LogP contribution in [0.15, 0.2) is 24.4 Å². The van der Waals surface area contributed by atoms with E-state index in [4.69, 9.17) is 11.5 Å². The number of nitrogen functional groups attached to an aromatic ring is 2. The Kier molecular flexibility index (Phi) is 2.01. The molecule has 4 nitrogen and oxygen atoms in total. The summed E-state index contributed by atoms with van der Waals surface area (Å²) in [6.07, 6.45) is 1.55. The zero-order valence-corrected chi connectivity index (χ0v) is 8.08. The topological polar surface area (TPSA) is 85.2 Å². The van der Waals surface area contributed by atoms with Gasteiger partial charge < -0.3 is 16.6 Å². The van der Waals surface area contributed by atoms with Gasteiger partial charge in [-0.1, -0.05) is 17.4 Å². The number of phenolic OH excluding ortho intramolecular Hbond substituents is 1. The van der Waals surface area contributed by atoms with Crippen LogP contribution in [0.2, 0.25) is 0 Å². The minimum atomic E-state index is 0.124. The van der Waals surface area contributed by atoms with Crippen molar-refractivity contribution in [1.82, 2.24) is 4.98 Å². The van der Waals surface area contributed by atoms with Crippen LogP contribution in [-0.4, -0.2) is 10.1 Å². The van der Waals surface area contributed by atoms with E-state index in [1.165, 1.54) is 11.3 Å². The molecule has 0 saturated heterocycles. The Morgan fingerprint density at radius 2 is 2.07 bits per heavy atom. The maximum Gasteiger partial charge on any atom is 0.131 e. The number of aromatic hydroxyl groups is 1. The lowest BCUT2D eigenvalue weighted by Gasteiger charge is -2.03. The standard InChI is InChI=1S/C9H9N3OS/c10-5-2-1-3-6(13)8(5)9-12-4-7(11)14-9/h1-4,13H,10-11H2. The lowest BCUT2D eigenvalue weighted by molar-refractivity contribution is 0.477. The van der Waals surface area contributed by atoms with Gasteiger partial charge in [-0.05, 0) is 12.1 Å². The average molecular weight is 207 g/mol. The number of phenols is 1. The molecule has 0 aliphatic heterocycles. The molecule has 5 N–H and O–H groups in total. The fourth-order valence-electron chi connectivity index (χ4n) is 1.19. The monoisotopic (exact) mass is 207 g/mol. The normalized spacial score (nSPS) is 10.3. The highest BCUT2D eigenvalue weighted by atomic mass is 32.1. The van der Waals surface area contributed by atoms with E-state index in [0.29, 0.717) is 21.3 Å². The first-order chi connectivity index (χ1) is 6.68. The van der Waals surface area contributed by atoms with Crippen molar-refractivity contribution in [3.8, 4) is 16.3 Å². The predicted molar refractivity (Wildman–Crippen MR) is 58.0 cm³/mol. The van der Waals surface area contributed by atoms with Crippen LogP contribution < -0.4 is 11.5 Å². The molecule has 0 radical (unpaired) electrons. The van der Waals surface area contributed by atoms with Crippen molar-refractivity contribution in [2.24, 2.45) is 0 Å². The van der Waals surface area contributed by atoms with E-state index in [9.17, 15) is 5.11 Å². The first-order valence-electron chi connectivity index (χ1n) is 3.97. The summed E-state index contributed by atoms with van der Waals surface area (Å²) >= 11 is 1.30. The molecular formula is C9H9N3OS. The Bertz CT molecular complexity index is 447. The van der Waals surface area contributed by atoms with Gasteiger partial charge in [0, 0.05) is 5.69 Å². The summed E-state index contributed by atoms with van der Waals surface area (Å²) in [5.74, 6) is 0.124. The number of thiazole rings is 1. The molecule has 2 aromatic rings. The van der Waals surface area contributed by atoms with Gasteiger partial charge in [0.05, 0.1) is 11.8 Å². The highest BCUT2D eigenvalue weighted by Gasteiger charge is 2.11. The molecule has 5 heteroatoms. The van der Waals surface area contributed by atoms with E-state index in [0.717, 1.165) is 0 Å². The van der Waals surface area contributed by atoms with Gasteiger partial charge in [-0.3, -0.25) is 0 Å². The molecule has 0 amide bonds. The Morgan fingerprint density at radius 1 is 1.29 bits per heavy atom. The van der Waals surface area contributed by atoms with Crippen LogP contribution in [0.25, 0.3) is 10.6 Å². The number of nitrogens with zero attached hydrogens (tertiary/aromatic N) is 1. The summed E-state index contributed by atoms with van der Waals surface area (Å²) in [4.78, 5) is 4.06. The lowest BCUT2D eigenvalue weighted by atomic mass is 10.1. The number of nitrogens with two attached hydrogens (primary N) is 2. The minimum absolute atomic E-state index is 0.124. The molecule has 0 saturated carbocycles. The Labute approximate surface area is 84.8 Å². The van der Waals surface area contributed by atoms with Crippen LogP contribution in [0.3, 0.4) is 0 Å². The summed E-state index contributed by atoms with van der Waals surface area (Å²) < 4.78 is 0. The number of hydrogen-bond acceptors (Lipinski definition) is 5. The highest BCUT2D eigenvalue weighted by molar-refractivity contribution is 7.18. The fraction of sp³-hybridized carbons (Fsp3) is 0. The summed E-state index contributed by atoms with van der Waals surface area (Å²) in [5.41, 5.74) is 12.3. The van der Waals surface area contributed by atoms with Gasteiger partial charge >= 0.3 is 0 Å². The molecule has 0 spiro atoms. The molecule has 1 heterocycles. The molecular weight excluding hydrogens is 198 g/mol. The molecule has 72 valence electrons. The third-order valence-electron chi connectivity index (χ3n) is 1.81. The number of benzene rings is 1. The van der Waals surface area contributed by atoms with Crippen molar-refractivity contribution in [1.29, 1.82) is 0 Å². The van der Waals surface area contributed by atoms with E-state index < -0.39 is 0 Å². The van der Waals surface area contributed by atoms with Crippen molar-refractivity contribution in [3.05, 3.63) is 24.4 Å². The van der Waals surface area contributed by atoms with Crippen molar-refractivity contribution < 1.29 is 5.11 Å². The smallest absolute Gasteiger partial charge is 0.131 e. The molecule has 0 fully saturated rings. The summed E-state index contributed by atoms with van der Waals surface area (Å²) in [5, 5.41) is 10.8. The summed E-state index contributed by atoms with van der Waals surface area (Å²) in [6, 6.07) is 4.97. The molecule has 0 atom stereocenters. The number of aromatic nitrogens is 1. The third-order valence-corrected chi connectivity index (χ3v) is 2.66. The van der Waals surface area contributed by atoms with E-state index in [2.05, 4.69) is 4.98 Å². The van der Waals surface area contributed by atoms with Crippen LogP contribution >= 0.6 is 11.3 Å². The quantitative estimate of drug-likeness (QED) is 0.621. The van der Waals surface area contributed by atoms with Crippen molar-refractivity contribution >= 4 is 22.0 Å². The van der Waals surface area contributed by atoms with E-state index >= 15 is 0 Å². The van der Waals surface area contributed by atoms with Crippen LogP contribution in [-0.2, 0) is 0 Å². The van der Waals surface area contributed by atoms with E-state index in [1.807, 2.05) is 0 Å². The van der Waals surface area contributed by atoms with E-state index in [-0.39, 0.29) is 5.75 Å². The van der Waals surface area contributed by atoms with Crippen molar-refractivity contribution in [2.75, 3.05) is 11.5 Å². The molecule has 0 bridgehead atoms. The molecule has 1 aromatic carbocycles. The van der Waals surface area contributed by atoms with Crippen LogP contribution in [0, 0.1) is 0 Å². The molecule has 0 unspecified atom stereocenters. The second-order valence-electron chi connectivity index (χ2n) is 2.81. The summed E-state index contributed by atoms with van der Waals surface area (Å²) in [7, 11) is 0. The number of anilines is 2. The predicted octanol–water partition coefficient (Wildman–Crippen LogP) is 1.68. The van der Waals surface area contributed by atoms with Gasteiger partial charge in [0.2, 0.25) is 0 Å². The lowest BCUT2D eigenvalue weighted by Crippen LogP contribution is -1.89. The SMILES string of the molecule is Nc1cnc(-c2c(N)cccc2O)s1. The largest absolute Gasteiger partial charge is 0.507 e. The second-order valence-corrected chi connectivity index (χ2v) is 3.87. The maximum atomic E-state index is 9.60. The molecule has 14 heavy (non-hydrogen) atoms. The van der Waals surface area contributed by atoms with E-state index in [1.54, 1.807) is 24.4 Å². The molecule has 0 aliphatic rings. The number of rotatable bonds is 1. The highest BCUT2D eigenvalue weighted by Crippen LogP contribution is 2.37. The molecule has 1 aromatic heterocycles. The maximum absolute atomic E-state index is 9.60. The van der Waals surface area contributed by atoms with Crippen molar-refractivity contribution in [3.63, 3.8) is 0 Å². The average Bonchev–Trinajstić information content (AvgIpc) is 2.51. The zero-order valence-electron chi connectivity index (χ0n) is 7.27. The van der Waals surface area contributed by atoms with Gasteiger partial charge in [-0.2, -0.15) is 0 Å². The first-order valence-corrected chi connectivity index (χ1v) is 4.79. The minimum Gasteiger partial charge on any atom is -0.507 e. The van der Waals surface area contributed by atoms with Gasteiger partial charge in [-0.25, -0.2) is 4.98 Å². The Morgan fingerprint density at radius 3 is 2.64 bits per heavy atom. The summed E-state index contributed by atoms with van der Waals surface area (Å²) in [6.45, 7) is 0. The zero-order chi connectivity index (χ0) is 10.1. The van der Waals surface area contributed by atoms with Crippen LogP contribution in [0.4, 0.5) is 10.7 Å². The van der Waals surface area contributed by atoms with Crippen LogP contribution in [0.5, 0.6) is 5.75 Å². The van der Waals surface area contributed by atoms with Gasteiger partial charge in [-0.15, -0.1) is 0 Å². The van der Waals surface area contributed by atoms with Gasteiger partial charge in [0.15, 0.2) is 0 Å². The van der Waals surface area contributed by atoms with Crippen LogP contribution in [0.1, 0.15) is 0 Å². The first kappa shape index (κ1) is 8.83. The fourth-order valence-corrected chi connectivity index (χ4v) is 1.95. The number of hydrogen-bond donors (Lipinski definition) is 3. The van der Waals surface area contributed by atoms with Gasteiger partial charge in [0.1, 0.15) is 15.8 Å².